The standard InChI is InChI=1S/C8H20BNO/c1-3-4-6-9-8(11-2)5-7-10/h8-9H,3-7,10H2,1-2H3. The van der Waals surface area contributed by atoms with Gasteiger partial charge in [0.15, 0.2) is 7.28 Å². The Labute approximate surface area is 70.7 Å². The topological polar surface area (TPSA) is 35.2 Å². The quantitative estimate of drug-likeness (QED) is 0.441. The Kier molecular flexibility index (Phi) is 8.07. The third kappa shape index (κ3) is 6.39. The molecule has 0 spiro atoms. The summed E-state index contributed by atoms with van der Waals surface area (Å²) in [5, 5.41) is 0. The lowest BCUT2D eigenvalue weighted by Gasteiger charge is -2.11. The Morgan fingerprint density at radius 2 is 2.27 bits per heavy atom. The van der Waals surface area contributed by atoms with Gasteiger partial charge in [0, 0.05) is 13.1 Å². The van der Waals surface area contributed by atoms with E-state index in [1.807, 2.05) is 0 Å². The van der Waals surface area contributed by atoms with Crippen molar-refractivity contribution in [3.05, 3.63) is 0 Å². The molecule has 0 saturated carbocycles. The first-order valence-corrected chi connectivity index (χ1v) is 4.58. The largest absolute Gasteiger partial charge is 0.390 e. The van der Waals surface area contributed by atoms with Gasteiger partial charge in [-0.05, 0) is 13.0 Å². The summed E-state index contributed by atoms with van der Waals surface area (Å²) in [6.45, 7) is 2.95. The van der Waals surface area contributed by atoms with Crippen molar-refractivity contribution in [3.63, 3.8) is 0 Å². The number of methoxy groups -OCH3 is 1. The highest BCUT2D eigenvalue weighted by Gasteiger charge is 2.06. The predicted molar refractivity (Wildman–Crippen MR) is 51.3 cm³/mol. The molecule has 0 aliphatic rings. The van der Waals surface area contributed by atoms with E-state index < -0.39 is 0 Å². The molecule has 0 rings (SSSR count). The minimum Gasteiger partial charge on any atom is -0.390 e. The van der Waals surface area contributed by atoms with Crippen LogP contribution in [0.15, 0.2) is 0 Å². The number of unbranched alkanes of at least 4 members (excludes halogenated alkanes) is 1. The third-order valence-corrected chi connectivity index (χ3v) is 1.95. The number of rotatable bonds is 7. The maximum atomic E-state index is 5.43. The first-order valence-electron chi connectivity index (χ1n) is 4.58. The monoisotopic (exact) mass is 157 g/mol. The molecule has 2 nitrogen and oxygen atoms in total. The number of hydrogen-bond donors (Lipinski definition) is 1. The molecule has 0 heterocycles. The third-order valence-electron chi connectivity index (χ3n) is 1.95. The predicted octanol–water partition coefficient (Wildman–Crippen LogP) is 0.963. The van der Waals surface area contributed by atoms with Crippen molar-refractivity contribution in [2.24, 2.45) is 5.73 Å². The van der Waals surface area contributed by atoms with E-state index in [4.69, 9.17) is 10.5 Å². The molecule has 0 aromatic carbocycles. The van der Waals surface area contributed by atoms with Gasteiger partial charge in [-0.3, -0.25) is 0 Å². The average molecular weight is 157 g/mol. The van der Waals surface area contributed by atoms with Crippen LogP contribution in [0.3, 0.4) is 0 Å². The van der Waals surface area contributed by atoms with Crippen LogP contribution in [0.5, 0.6) is 0 Å². The van der Waals surface area contributed by atoms with Gasteiger partial charge in [-0.1, -0.05) is 26.1 Å². The summed E-state index contributed by atoms with van der Waals surface area (Å²) in [6.07, 6.45) is 4.86. The summed E-state index contributed by atoms with van der Waals surface area (Å²) < 4.78 is 5.26. The lowest BCUT2D eigenvalue weighted by Crippen LogP contribution is -2.22. The summed E-state index contributed by atoms with van der Waals surface area (Å²) in [5.74, 6) is 0. The summed E-state index contributed by atoms with van der Waals surface area (Å²) >= 11 is 0. The first-order chi connectivity index (χ1) is 5.35. The fourth-order valence-electron chi connectivity index (χ4n) is 1.19. The van der Waals surface area contributed by atoms with Gasteiger partial charge in [0.25, 0.3) is 0 Å². The Morgan fingerprint density at radius 1 is 1.55 bits per heavy atom. The van der Waals surface area contributed by atoms with E-state index in [1.54, 1.807) is 7.11 Å². The highest BCUT2D eigenvalue weighted by Crippen LogP contribution is 2.00. The highest BCUT2D eigenvalue weighted by atomic mass is 16.5. The van der Waals surface area contributed by atoms with Crippen LogP contribution in [0.2, 0.25) is 6.32 Å². The van der Waals surface area contributed by atoms with Crippen molar-refractivity contribution in [1.29, 1.82) is 0 Å². The van der Waals surface area contributed by atoms with E-state index in [2.05, 4.69) is 6.92 Å². The fourth-order valence-corrected chi connectivity index (χ4v) is 1.19. The molecule has 0 radical (unpaired) electrons. The molecule has 0 aliphatic heterocycles. The Balaban J connectivity index is 3.20. The lowest BCUT2D eigenvalue weighted by atomic mass is 9.66. The molecule has 0 saturated heterocycles. The van der Waals surface area contributed by atoms with E-state index in [-0.39, 0.29) is 0 Å². The van der Waals surface area contributed by atoms with Crippen LogP contribution < -0.4 is 5.73 Å². The van der Waals surface area contributed by atoms with Gasteiger partial charge in [0.05, 0.1) is 0 Å². The van der Waals surface area contributed by atoms with Crippen LogP contribution in [0, 0.1) is 0 Å². The van der Waals surface area contributed by atoms with Gasteiger partial charge in [-0.15, -0.1) is 0 Å². The molecule has 3 heteroatoms. The second-order valence-electron chi connectivity index (χ2n) is 2.93. The highest BCUT2D eigenvalue weighted by molar-refractivity contribution is 6.37. The molecule has 1 atom stereocenters. The van der Waals surface area contributed by atoms with Gasteiger partial charge in [-0.25, -0.2) is 0 Å². The second kappa shape index (κ2) is 8.09. The van der Waals surface area contributed by atoms with Crippen molar-refractivity contribution in [2.75, 3.05) is 13.7 Å². The van der Waals surface area contributed by atoms with Crippen LogP contribution in [0.25, 0.3) is 0 Å². The minimum absolute atomic E-state index is 0.395. The average Bonchev–Trinajstić information content (AvgIpc) is 2.03. The van der Waals surface area contributed by atoms with Gasteiger partial charge >= 0.3 is 0 Å². The minimum atomic E-state index is 0.395. The van der Waals surface area contributed by atoms with Crippen LogP contribution in [0.4, 0.5) is 0 Å². The van der Waals surface area contributed by atoms with E-state index >= 15 is 0 Å². The molecular weight excluding hydrogens is 137 g/mol. The Morgan fingerprint density at radius 3 is 2.73 bits per heavy atom. The van der Waals surface area contributed by atoms with Crippen molar-refractivity contribution < 1.29 is 4.74 Å². The molecule has 0 amide bonds. The van der Waals surface area contributed by atoms with E-state index in [9.17, 15) is 0 Å². The molecule has 0 aromatic rings. The zero-order valence-corrected chi connectivity index (χ0v) is 7.81. The number of nitrogens with two attached hydrogens (primary N) is 1. The maximum absolute atomic E-state index is 5.43. The zero-order valence-electron chi connectivity index (χ0n) is 7.81. The number of ether oxygens (including phenoxy) is 1. The van der Waals surface area contributed by atoms with Gasteiger partial charge in [0.2, 0.25) is 0 Å². The van der Waals surface area contributed by atoms with Crippen LogP contribution in [-0.2, 0) is 4.74 Å². The van der Waals surface area contributed by atoms with E-state index in [1.165, 1.54) is 26.4 Å². The van der Waals surface area contributed by atoms with Crippen LogP contribution in [0.1, 0.15) is 26.2 Å². The number of hydrogen-bond acceptors (Lipinski definition) is 2. The molecular formula is C8H20BNO. The lowest BCUT2D eigenvalue weighted by molar-refractivity contribution is 0.158. The van der Waals surface area contributed by atoms with Gasteiger partial charge in [0.1, 0.15) is 0 Å². The van der Waals surface area contributed by atoms with E-state index in [0.717, 1.165) is 13.0 Å². The van der Waals surface area contributed by atoms with Gasteiger partial charge < -0.3 is 10.5 Å². The maximum Gasteiger partial charge on any atom is 0.157 e. The van der Waals surface area contributed by atoms with Crippen LogP contribution >= 0.6 is 0 Å². The zero-order chi connectivity index (χ0) is 8.53. The summed E-state index contributed by atoms with van der Waals surface area (Å²) in [5.41, 5.74) is 5.43. The molecule has 0 aliphatic carbocycles. The second-order valence-corrected chi connectivity index (χ2v) is 2.93. The van der Waals surface area contributed by atoms with Crippen molar-refractivity contribution in [1.82, 2.24) is 0 Å². The fraction of sp³-hybridized carbons (Fsp3) is 1.00. The summed E-state index contributed by atoms with van der Waals surface area (Å²) in [7, 11) is 2.94. The smallest absolute Gasteiger partial charge is 0.157 e. The molecule has 11 heavy (non-hydrogen) atoms. The van der Waals surface area contributed by atoms with Crippen molar-refractivity contribution in [3.8, 4) is 0 Å². The summed E-state index contributed by atoms with van der Waals surface area (Å²) in [6, 6.07) is 0.395. The Hall–Kier alpha value is -0.0151. The first kappa shape index (κ1) is 11.0. The molecule has 0 aromatic heterocycles. The molecule has 0 fully saturated rings. The Bertz CT molecular complexity index is 80.5. The molecule has 2 N–H and O–H groups in total. The molecule has 0 bridgehead atoms. The molecule has 66 valence electrons. The van der Waals surface area contributed by atoms with Crippen molar-refractivity contribution >= 4 is 7.28 Å². The normalized spacial score (nSPS) is 13.0. The molecule has 1 unspecified atom stereocenters. The van der Waals surface area contributed by atoms with Crippen molar-refractivity contribution in [2.45, 2.75) is 38.5 Å². The SMILES string of the molecule is CCCCBC(CCN)OC. The van der Waals surface area contributed by atoms with E-state index in [0.29, 0.717) is 6.00 Å². The summed E-state index contributed by atoms with van der Waals surface area (Å²) in [4.78, 5) is 0. The van der Waals surface area contributed by atoms with Gasteiger partial charge in [-0.2, -0.15) is 0 Å². The van der Waals surface area contributed by atoms with Crippen LogP contribution in [-0.4, -0.2) is 26.9 Å².